The Balaban J connectivity index is 1.82. The molecule has 0 fully saturated rings. The summed E-state index contributed by atoms with van der Waals surface area (Å²) in [6.45, 7) is 9.45. The monoisotopic (exact) mass is 299 g/mol. The van der Waals surface area contributed by atoms with E-state index in [4.69, 9.17) is 0 Å². The van der Waals surface area contributed by atoms with Crippen molar-refractivity contribution in [3.8, 4) is 0 Å². The van der Waals surface area contributed by atoms with Crippen molar-refractivity contribution >= 4 is 16.3 Å². The number of hydrogen-bond acceptors (Lipinski definition) is 3. The first-order valence-corrected chi connectivity index (χ1v) is 8.17. The van der Waals surface area contributed by atoms with E-state index in [0.717, 1.165) is 17.2 Å². The van der Waals surface area contributed by atoms with Gasteiger partial charge in [-0.15, -0.1) is 11.3 Å². The summed E-state index contributed by atoms with van der Waals surface area (Å²) >= 11 is 1.71. The van der Waals surface area contributed by atoms with Gasteiger partial charge in [0.15, 0.2) is 4.96 Å². The maximum absolute atomic E-state index is 4.64. The van der Waals surface area contributed by atoms with Crippen molar-refractivity contribution in [2.45, 2.75) is 40.3 Å². The maximum atomic E-state index is 4.64. The average molecular weight is 299 g/mol. The second kappa shape index (κ2) is 5.62. The summed E-state index contributed by atoms with van der Waals surface area (Å²) in [4.78, 5) is 5.73. The highest BCUT2D eigenvalue weighted by Crippen LogP contribution is 2.22. The van der Waals surface area contributed by atoms with E-state index in [-0.39, 0.29) is 0 Å². The summed E-state index contributed by atoms with van der Waals surface area (Å²) in [6, 6.07) is 8.88. The summed E-state index contributed by atoms with van der Waals surface area (Å²) in [5.41, 5.74) is 6.34. The van der Waals surface area contributed by atoms with Crippen LogP contribution in [0.15, 0.2) is 29.6 Å². The Kier molecular flexibility index (Phi) is 3.83. The van der Waals surface area contributed by atoms with Gasteiger partial charge in [0, 0.05) is 23.7 Å². The molecule has 2 heterocycles. The highest BCUT2D eigenvalue weighted by molar-refractivity contribution is 7.15. The Labute approximate surface area is 129 Å². The zero-order valence-corrected chi connectivity index (χ0v) is 13.8. The largest absolute Gasteiger partial charge is 0.305 e. The average Bonchev–Trinajstić information content (AvgIpc) is 2.96. The lowest BCUT2D eigenvalue weighted by Gasteiger charge is -2.16. The molecule has 1 atom stereocenters. The van der Waals surface area contributed by atoms with E-state index in [1.807, 2.05) is 0 Å². The zero-order chi connectivity index (χ0) is 15.0. The normalized spacial score (nSPS) is 13.0. The fraction of sp³-hybridized carbons (Fsp3) is 0.353. The van der Waals surface area contributed by atoms with Gasteiger partial charge in [-0.3, -0.25) is 4.40 Å². The number of nitrogens with zero attached hydrogens (tertiary/aromatic N) is 2. The van der Waals surface area contributed by atoms with Gasteiger partial charge in [0.1, 0.15) is 0 Å². The van der Waals surface area contributed by atoms with E-state index in [1.54, 1.807) is 11.3 Å². The number of aryl methyl sites for hydroxylation is 3. The summed E-state index contributed by atoms with van der Waals surface area (Å²) < 4.78 is 2.26. The topological polar surface area (TPSA) is 29.3 Å². The van der Waals surface area contributed by atoms with Gasteiger partial charge in [-0.1, -0.05) is 24.3 Å². The Morgan fingerprint density at radius 1 is 1.24 bits per heavy atom. The standard InChI is InChI=1S/C17H21N3S/c1-11-7-5-6-8-15(11)13(3)18-9-16-14(4)19-17-20(16)12(2)10-21-17/h5-8,10,13,18H,9H2,1-4H3/t13-/m1/s1. The van der Waals surface area contributed by atoms with Crippen LogP contribution < -0.4 is 5.32 Å². The molecule has 0 aliphatic heterocycles. The van der Waals surface area contributed by atoms with Crippen LogP contribution in [0.3, 0.4) is 0 Å². The Hall–Kier alpha value is -1.65. The van der Waals surface area contributed by atoms with Gasteiger partial charge in [-0.05, 0) is 38.8 Å². The number of rotatable bonds is 4. The summed E-state index contributed by atoms with van der Waals surface area (Å²) in [6.07, 6.45) is 0. The second-order valence-corrected chi connectivity index (χ2v) is 6.43. The molecule has 0 aliphatic rings. The van der Waals surface area contributed by atoms with Crippen LogP contribution in [0.4, 0.5) is 0 Å². The molecule has 4 heteroatoms. The van der Waals surface area contributed by atoms with Crippen LogP contribution in [0.2, 0.25) is 0 Å². The minimum atomic E-state index is 0.329. The summed E-state index contributed by atoms with van der Waals surface area (Å²) in [5.74, 6) is 0. The molecule has 0 amide bonds. The smallest absolute Gasteiger partial charge is 0.194 e. The van der Waals surface area contributed by atoms with Gasteiger partial charge in [-0.25, -0.2) is 4.98 Å². The Morgan fingerprint density at radius 3 is 2.76 bits per heavy atom. The number of benzene rings is 1. The molecule has 1 aromatic carbocycles. The molecule has 21 heavy (non-hydrogen) atoms. The predicted octanol–water partition coefficient (Wildman–Crippen LogP) is 4.17. The molecular weight excluding hydrogens is 278 g/mol. The van der Waals surface area contributed by atoms with Crippen molar-refractivity contribution in [3.63, 3.8) is 0 Å². The van der Waals surface area contributed by atoms with E-state index in [9.17, 15) is 0 Å². The predicted molar refractivity (Wildman–Crippen MR) is 89.0 cm³/mol. The van der Waals surface area contributed by atoms with Crippen molar-refractivity contribution < 1.29 is 0 Å². The SMILES string of the molecule is Cc1ccccc1[C@@H](C)NCc1c(C)nc2scc(C)n12. The van der Waals surface area contributed by atoms with Gasteiger partial charge < -0.3 is 5.32 Å². The minimum absolute atomic E-state index is 0.329. The van der Waals surface area contributed by atoms with Crippen LogP contribution in [0, 0.1) is 20.8 Å². The maximum Gasteiger partial charge on any atom is 0.194 e. The molecule has 1 N–H and O–H groups in total. The molecule has 0 radical (unpaired) electrons. The highest BCUT2D eigenvalue weighted by atomic mass is 32.1. The lowest BCUT2D eigenvalue weighted by Crippen LogP contribution is -2.20. The molecule has 0 saturated heterocycles. The number of imidazole rings is 1. The molecule has 0 unspecified atom stereocenters. The van der Waals surface area contributed by atoms with Crippen molar-refractivity contribution in [2.24, 2.45) is 0 Å². The third-order valence-electron chi connectivity index (χ3n) is 4.06. The van der Waals surface area contributed by atoms with Crippen LogP contribution in [-0.2, 0) is 6.54 Å². The Bertz CT molecular complexity index is 770. The fourth-order valence-electron chi connectivity index (χ4n) is 2.81. The third kappa shape index (κ3) is 2.61. The minimum Gasteiger partial charge on any atom is -0.305 e. The quantitative estimate of drug-likeness (QED) is 0.783. The first-order chi connectivity index (χ1) is 10.1. The van der Waals surface area contributed by atoms with Gasteiger partial charge >= 0.3 is 0 Å². The van der Waals surface area contributed by atoms with Crippen LogP contribution in [0.5, 0.6) is 0 Å². The number of hydrogen-bond donors (Lipinski definition) is 1. The summed E-state index contributed by atoms with van der Waals surface area (Å²) in [7, 11) is 0. The van der Waals surface area contributed by atoms with Gasteiger partial charge in [-0.2, -0.15) is 0 Å². The van der Waals surface area contributed by atoms with Gasteiger partial charge in [0.25, 0.3) is 0 Å². The number of nitrogens with one attached hydrogen (secondary N) is 1. The van der Waals surface area contributed by atoms with Crippen LogP contribution in [0.1, 0.15) is 41.2 Å². The van der Waals surface area contributed by atoms with Crippen LogP contribution in [-0.4, -0.2) is 9.38 Å². The summed E-state index contributed by atoms with van der Waals surface area (Å²) in [5, 5.41) is 5.80. The highest BCUT2D eigenvalue weighted by Gasteiger charge is 2.14. The lowest BCUT2D eigenvalue weighted by molar-refractivity contribution is 0.561. The van der Waals surface area contributed by atoms with Crippen molar-refractivity contribution in [1.29, 1.82) is 0 Å². The second-order valence-electron chi connectivity index (χ2n) is 5.60. The zero-order valence-electron chi connectivity index (χ0n) is 13.0. The molecule has 3 nitrogen and oxygen atoms in total. The lowest BCUT2D eigenvalue weighted by atomic mass is 10.0. The van der Waals surface area contributed by atoms with Gasteiger partial charge in [0.05, 0.1) is 11.4 Å². The molecule has 2 aromatic heterocycles. The van der Waals surface area contributed by atoms with Gasteiger partial charge in [0.2, 0.25) is 0 Å². The number of aromatic nitrogens is 2. The molecule has 0 bridgehead atoms. The molecule has 0 spiro atoms. The van der Waals surface area contributed by atoms with E-state index in [2.05, 4.69) is 72.0 Å². The number of thiazole rings is 1. The Morgan fingerprint density at radius 2 is 2.00 bits per heavy atom. The third-order valence-corrected chi connectivity index (χ3v) is 5.00. The van der Waals surface area contributed by atoms with Crippen molar-refractivity contribution in [1.82, 2.24) is 14.7 Å². The molecular formula is C17H21N3S. The molecule has 0 saturated carbocycles. The van der Waals surface area contributed by atoms with E-state index < -0.39 is 0 Å². The van der Waals surface area contributed by atoms with E-state index >= 15 is 0 Å². The number of fused-ring (bicyclic) bond motifs is 1. The molecule has 3 aromatic rings. The fourth-order valence-corrected chi connectivity index (χ4v) is 3.74. The first-order valence-electron chi connectivity index (χ1n) is 7.29. The first kappa shape index (κ1) is 14.3. The molecule has 110 valence electrons. The van der Waals surface area contributed by atoms with Crippen LogP contribution in [0.25, 0.3) is 4.96 Å². The van der Waals surface area contributed by atoms with Crippen molar-refractivity contribution in [3.05, 3.63) is 57.9 Å². The molecule has 3 rings (SSSR count). The van der Waals surface area contributed by atoms with E-state index in [1.165, 1.54) is 22.5 Å². The molecule has 0 aliphatic carbocycles. The van der Waals surface area contributed by atoms with Crippen LogP contribution >= 0.6 is 11.3 Å². The van der Waals surface area contributed by atoms with E-state index in [0.29, 0.717) is 6.04 Å². The van der Waals surface area contributed by atoms with Crippen molar-refractivity contribution in [2.75, 3.05) is 0 Å².